The zero-order valence-electron chi connectivity index (χ0n) is 15.5. The van der Waals surface area contributed by atoms with Gasteiger partial charge >= 0.3 is 0 Å². The molecule has 0 aromatic carbocycles. The van der Waals surface area contributed by atoms with Crippen LogP contribution in [0.15, 0.2) is 29.0 Å². The number of nitrogens with zero attached hydrogens (tertiary/aromatic N) is 3. The van der Waals surface area contributed by atoms with E-state index in [9.17, 15) is 4.79 Å². The number of amides is 1. The molecule has 4 N–H and O–H groups in total. The summed E-state index contributed by atoms with van der Waals surface area (Å²) in [5.74, 6) is -0.0797. The van der Waals surface area contributed by atoms with Gasteiger partial charge in [0.2, 0.25) is 0 Å². The number of rotatable bonds is 6. The van der Waals surface area contributed by atoms with Crippen molar-refractivity contribution in [3.8, 4) is 0 Å². The van der Waals surface area contributed by atoms with Gasteiger partial charge in [0.1, 0.15) is 5.76 Å². The third-order valence-electron chi connectivity index (χ3n) is 4.32. The van der Waals surface area contributed by atoms with E-state index >= 15 is 0 Å². The van der Waals surface area contributed by atoms with Crippen molar-refractivity contribution in [3.05, 3.63) is 36.0 Å². The SMILES string of the molecule is CC(=O)O.NC1CCC(n2cc(C(=O)NCCCc3ccco3)nn2)CC1. The maximum absolute atomic E-state index is 12.1. The summed E-state index contributed by atoms with van der Waals surface area (Å²) < 4.78 is 7.07. The first-order chi connectivity index (χ1) is 13.0. The van der Waals surface area contributed by atoms with Crippen molar-refractivity contribution in [1.29, 1.82) is 0 Å². The third kappa shape index (κ3) is 7.22. The van der Waals surface area contributed by atoms with Crippen LogP contribution in [-0.4, -0.2) is 44.6 Å². The Balaban J connectivity index is 0.000000596. The van der Waals surface area contributed by atoms with Crippen LogP contribution in [0.25, 0.3) is 0 Å². The van der Waals surface area contributed by atoms with Crippen LogP contribution in [0.5, 0.6) is 0 Å². The number of carboxylic acid groups (broad SMARTS) is 1. The second-order valence-electron chi connectivity index (χ2n) is 6.61. The molecule has 3 rings (SSSR count). The molecule has 0 bridgehead atoms. The van der Waals surface area contributed by atoms with Gasteiger partial charge in [0.05, 0.1) is 18.5 Å². The van der Waals surface area contributed by atoms with E-state index in [4.69, 9.17) is 20.1 Å². The summed E-state index contributed by atoms with van der Waals surface area (Å²) in [6.45, 7) is 1.67. The van der Waals surface area contributed by atoms with Crippen LogP contribution in [-0.2, 0) is 11.2 Å². The van der Waals surface area contributed by atoms with E-state index in [-0.39, 0.29) is 5.91 Å². The van der Waals surface area contributed by atoms with Crippen LogP contribution in [0.1, 0.15) is 61.3 Å². The lowest BCUT2D eigenvalue weighted by Crippen LogP contribution is -2.28. The molecule has 1 aliphatic carbocycles. The molecule has 0 atom stereocenters. The number of aromatic nitrogens is 3. The van der Waals surface area contributed by atoms with E-state index < -0.39 is 5.97 Å². The van der Waals surface area contributed by atoms with Gasteiger partial charge in [-0.25, -0.2) is 4.68 Å². The number of aryl methyl sites for hydroxylation is 1. The van der Waals surface area contributed by atoms with E-state index in [0.717, 1.165) is 51.2 Å². The Morgan fingerprint density at radius 3 is 2.70 bits per heavy atom. The molecule has 0 spiro atoms. The highest BCUT2D eigenvalue weighted by Gasteiger charge is 2.22. The summed E-state index contributed by atoms with van der Waals surface area (Å²) in [7, 11) is 0. The van der Waals surface area contributed by atoms with Crippen LogP contribution in [0.2, 0.25) is 0 Å². The molecule has 1 aliphatic rings. The second-order valence-corrected chi connectivity index (χ2v) is 6.61. The highest BCUT2D eigenvalue weighted by molar-refractivity contribution is 5.91. The molecular formula is C18H27N5O4. The number of nitrogens with two attached hydrogens (primary N) is 1. The molecule has 1 saturated carbocycles. The van der Waals surface area contributed by atoms with Crippen molar-refractivity contribution in [3.63, 3.8) is 0 Å². The number of carboxylic acids is 1. The summed E-state index contributed by atoms with van der Waals surface area (Å²) >= 11 is 0. The molecule has 1 fully saturated rings. The Hall–Kier alpha value is -2.68. The van der Waals surface area contributed by atoms with E-state index in [1.165, 1.54) is 0 Å². The lowest BCUT2D eigenvalue weighted by Gasteiger charge is -2.25. The number of nitrogens with one attached hydrogen (secondary N) is 1. The molecule has 2 heterocycles. The van der Waals surface area contributed by atoms with Crippen LogP contribution >= 0.6 is 0 Å². The lowest BCUT2D eigenvalue weighted by atomic mass is 9.92. The van der Waals surface area contributed by atoms with Gasteiger partial charge in [-0.3, -0.25) is 9.59 Å². The van der Waals surface area contributed by atoms with E-state index in [1.54, 1.807) is 12.5 Å². The minimum absolute atomic E-state index is 0.178. The zero-order valence-corrected chi connectivity index (χ0v) is 15.5. The molecule has 0 unspecified atom stereocenters. The molecule has 1 amide bonds. The molecule has 0 aliphatic heterocycles. The Morgan fingerprint density at radius 1 is 1.37 bits per heavy atom. The maximum atomic E-state index is 12.1. The van der Waals surface area contributed by atoms with Crippen LogP contribution < -0.4 is 11.1 Å². The molecule has 148 valence electrons. The number of aliphatic carboxylic acids is 1. The highest BCUT2D eigenvalue weighted by atomic mass is 16.4. The average molecular weight is 377 g/mol. The first-order valence-corrected chi connectivity index (χ1v) is 9.13. The molecule has 9 nitrogen and oxygen atoms in total. The third-order valence-corrected chi connectivity index (χ3v) is 4.32. The summed E-state index contributed by atoms with van der Waals surface area (Å²) in [6, 6.07) is 4.41. The summed E-state index contributed by atoms with van der Waals surface area (Å²) in [6.07, 6.45) is 9.02. The molecule has 9 heteroatoms. The van der Waals surface area contributed by atoms with Crippen molar-refractivity contribution in [2.45, 2.75) is 57.5 Å². The van der Waals surface area contributed by atoms with Gasteiger partial charge in [-0.05, 0) is 44.2 Å². The number of hydrogen-bond donors (Lipinski definition) is 3. The zero-order chi connectivity index (χ0) is 19.6. The van der Waals surface area contributed by atoms with E-state index in [2.05, 4.69) is 15.6 Å². The van der Waals surface area contributed by atoms with Crippen LogP contribution in [0, 0.1) is 0 Å². The molecule has 0 radical (unpaired) electrons. The highest BCUT2D eigenvalue weighted by Crippen LogP contribution is 2.26. The largest absolute Gasteiger partial charge is 0.481 e. The Morgan fingerprint density at radius 2 is 2.07 bits per heavy atom. The summed E-state index contributed by atoms with van der Waals surface area (Å²) in [5.41, 5.74) is 6.29. The van der Waals surface area contributed by atoms with Crippen molar-refractivity contribution in [2.24, 2.45) is 5.73 Å². The Labute approximate surface area is 157 Å². The normalized spacial score (nSPS) is 19.0. The number of hydrogen-bond acceptors (Lipinski definition) is 6. The van der Waals surface area contributed by atoms with Crippen molar-refractivity contribution >= 4 is 11.9 Å². The quantitative estimate of drug-likeness (QED) is 0.652. The fourth-order valence-corrected chi connectivity index (χ4v) is 2.94. The van der Waals surface area contributed by atoms with Gasteiger partial charge in [0.25, 0.3) is 11.9 Å². The molecule has 2 aromatic rings. The fourth-order valence-electron chi connectivity index (χ4n) is 2.94. The van der Waals surface area contributed by atoms with Crippen LogP contribution in [0.3, 0.4) is 0 Å². The van der Waals surface area contributed by atoms with E-state index in [1.807, 2.05) is 16.8 Å². The summed E-state index contributed by atoms with van der Waals surface area (Å²) in [5, 5.41) is 18.4. The predicted octanol–water partition coefficient (Wildman–Crippen LogP) is 1.77. The standard InChI is InChI=1S/C16H23N5O2.C2H4O2/c17-12-5-7-13(8-6-12)21-11-15(19-20-21)16(22)18-9-1-3-14-4-2-10-23-14;1-2(3)4/h2,4,10-13H,1,3,5-9,17H2,(H,18,22);1H3,(H,3,4). The van der Waals surface area contributed by atoms with Gasteiger partial charge in [0, 0.05) is 25.9 Å². The van der Waals surface area contributed by atoms with Crippen molar-refractivity contribution < 1.29 is 19.1 Å². The fraction of sp³-hybridized carbons (Fsp3) is 0.556. The minimum Gasteiger partial charge on any atom is -0.481 e. The van der Waals surface area contributed by atoms with E-state index in [0.29, 0.717) is 24.3 Å². The average Bonchev–Trinajstić information content (AvgIpc) is 3.30. The Bertz CT molecular complexity index is 701. The van der Waals surface area contributed by atoms with Gasteiger partial charge in [-0.1, -0.05) is 5.21 Å². The number of furan rings is 1. The number of carbonyl (C=O) groups excluding carboxylic acids is 1. The lowest BCUT2D eigenvalue weighted by molar-refractivity contribution is -0.134. The van der Waals surface area contributed by atoms with Crippen molar-refractivity contribution in [1.82, 2.24) is 20.3 Å². The molecule has 0 saturated heterocycles. The second kappa shape index (κ2) is 10.5. The van der Waals surface area contributed by atoms with Gasteiger partial charge in [0.15, 0.2) is 5.69 Å². The topological polar surface area (TPSA) is 136 Å². The molecule has 27 heavy (non-hydrogen) atoms. The minimum atomic E-state index is -0.833. The molecule has 2 aromatic heterocycles. The first-order valence-electron chi connectivity index (χ1n) is 9.13. The van der Waals surface area contributed by atoms with Crippen molar-refractivity contribution in [2.75, 3.05) is 6.54 Å². The van der Waals surface area contributed by atoms with Crippen LogP contribution in [0.4, 0.5) is 0 Å². The first kappa shape index (κ1) is 20.6. The predicted molar refractivity (Wildman–Crippen MR) is 98.2 cm³/mol. The number of carbonyl (C=O) groups is 2. The van der Waals surface area contributed by atoms with Gasteiger partial charge < -0.3 is 20.6 Å². The van der Waals surface area contributed by atoms with Gasteiger partial charge in [-0.2, -0.15) is 0 Å². The monoisotopic (exact) mass is 377 g/mol. The smallest absolute Gasteiger partial charge is 0.300 e. The molecular weight excluding hydrogens is 350 g/mol. The maximum Gasteiger partial charge on any atom is 0.300 e. The van der Waals surface area contributed by atoms with Gasteiger partial charge in [-0.15, -0.1) is 5.10 Å². The Kier molecular flexibility index (Phi) is 8.00. The summed E-state index contributed by atoms with van der Waals surface area (Å²) in [4.78, 5) is 21.1.